The number of nitrogens with zero attached hydrogens (tertiary/aromatic N) is 4. The van der Waals surface area contributed by atoms with E-state index in [4.69, 9.17) is 0 Å². The Morgan fingerprint density at radius 3 is 2.50 bits per heavy atom. The van der Waals surface area contributed by atoms with Gasteiger partial charge in [-0.05, 0) is 30.9 Å². The maximum Gasteiger partial charge on any atom is 0.408 e. The van der Waals surface area contributed by atoms with Gasteiger partial charge in [-0.25, -0.2) is 23.4 Å². The predicted octanol–water partition coefficient (Wildman–Crippen LogP) is 3.26. The molecule has 12 heteroatoms. The lowest BCUT2D eigenvalue weighted by atomic mass is 10.1. The van der Waals surface area contributed by atoms with Gasteiger partial charge < -0.3 is 15.2 Å². The fourth-order valence-electron chi connectivity index (χ4n) is 3.13. The molecule has 3 aromatic heterocycles. The van der Waals surface area contributed by atoms with E-state index in [9.17, 15) is 21.6 Å². The van der Waals surface area contributed by atoms with Crippen LogP contribution in [0.25, 0.3) is 11.2 Å². The zero-order valence-electron chi connectivity index (χ0n) is 16.1. The van der Waals surface area contributed by atoms with Gasteiger partial charge in [0.15, 0.2) is 15.5 Å². The molecule has 1 fully saturated rings. The third-order valence-corrected chi connectivity index (χ3v) is 5.94. The van der Waals surface area contributed by atoms with Crippen LogP contribution in [-0.4, -0.2) is 46.4 Å². The van der Waals surface area contributed by atoms with Crippen molar-refractivity contribution in [3.8, 4) is 0 Å². The zero-order valence-corrected chi connectivity index (χ0v) is 16.9. The summed E-state index contributed by atoms with van der Waals surface area (Å²) in [4.78, 5) is 12.7. The number of aromatic nitrogens is 4. The zero-order chi connectivity index (χ0) is 21.7. The van der Waals surface area contributed by atoms with E-state index in [0.29, 0.717) is 35.5 Å². The summed E-state index contributed by atoms with van der Waals surface area (Å²) in [6.07, 6.45) is 0.447. The molecule has 3 aromatic rings. The summed E-state index contributed by atoms with van der Waals surface area (Å²) < 4.78 is 65.1. The first-order valence-corrected chi connectivity index (χ1v) is 11.0. The number of hydrogen-bond acceptors (Lipinski definition) is 7. The molecular weight excluding hydrogens is 421 g/mol. The van der Waals surface area contributed by atoms with Crippen molar-refractivity contribution >= 4 is 38.3 Å². The van der Waals surface area contributed by atoms with E-state index < -0.39 is 28.0 Å². The molecule has 2 N–H and O–H groups in total. The first-order valence-electron chi connectivity index (χ1n) is 9.11. The molecule has 4 rings (SSSR count). The molecule has 160 valence electrons. The van der Waals surface area contributed by atoms with E-state index in [0.717, 1.165) is 6.26 Å². The molecule has 1 saturated carbocycles. The Morgan fingerprint density at radius 1 is 1.20 bits per heavy atom. The monoisotopic (exact) mass is 440 g/mol. The number of aryl methyl sites for hydroxylation is 1. The van der Waals surface area contributed by atoms with E-state index in [-0.39, 0.29) is 10.7 Å². The van der Waals surface area contributed by atoms with Gasteiger partial charge in [0.2, 0.25) is 0 Å². The summed E-state index contributed by atoms with van der Waals surface area (Å²) in [6, 6.07) is 2.65. The van der Waals surface area contributed by atoms with Crippen LogP contribution in [-0.2, 0) is 16.9 Å². The average Bonchev–Trinajstić information content (AvgIpc) is 3.42. The number of alkyl halides is 3. The van der Waals surface area contributed by atoms with Crippen LogP contribution < -0.4 is 10.6 Å². The molecule has 3 heterocycles. The van der Waals surface area contributed by atoms with Gasteiger partial charge in [-0.1, -0.05) is 0 Å². The van der Waals surface area contributed by atoms with Crippen LogP contribution in [0.2, 0.25) is 0 Å². The molecule has 1 atom stereocenters. The molecule has 0 aliphatic heterocycles. The van der Waals surface area contributed by atoms with Crippen LogP contribution in [0, 0.1) is 5.92 Å². The first-order chi connectivity index (χ1) is 14.0. The molecule has 0 saturated heterocycles. The number of anilines is 3. The normalized spacial score (nSPS) is 15.9. The van der Waals surface area contributed by atoms with Crippen LogP contribution in [0.3, 0.4) is 0 Å². The maximum absolute atomic E-state index is 13.4. The summed E-state index contributed by atoms with van der Waals surface area (Å²) in [5.41, 5.74) is 1.25. The van der Waals surface area contributed by atoms with Gasteiger partial charge in [0.25, 0.3) is 0 Å². The SMILES string of the molecule is Cn1cnc2c(Nc3ccc(S(C)(=O)=O)cn3)cc(NC(C3CC3)C(F)(F)F)nc21. The number of halogens is 3. The van der Waals surface area contributed by atoms with Gasteiger partial charge in [0.1, 0.15) is 23.2 Å². The molecule has 0 bridgehead atoms. The van der Waals surface area contributed by atoms with Gasteiger partial charge in [-0.15, -0.1) is 0 Å². The van der Waals surface area contributed by atoms with Crippen molar-refractivity contribution in [2.45, 2.75) is 30.0 Å². The molecule has 0 amide bonds. The van der Waals surface area contributed by atoms with Gasteiger partial charge in [0.05, 0.1) is 16.9 Å². The van der Waals surface area contributed by atoms with E-state index in [2.05, 4.69) is 25.6 Å². The lowest BCUT2D eigenvalue weighted by molar-refractivity contribution is -0.146. The largest absolute Gasteiger partial charge is 0.408 e. The van der Waals surface area contributed by atoms with Gasteiger partial charge in [-0.3, -0.25) is 0 Å². The number of fused-ring (bicyclic) bond motifs is 1. The topological polar surface area (TPSA) is 102 Å². The minimum Gasteiger partial charge on any atom is -0.358 e. The van der Waals surface area contributed by atoms with Crippen LogP contribution in [0.15, 0.2) is 35.6 Å². The molecule has 0 spiro atoms. The second kappa shape index (κ2) is 7.11. The molecule has 8 nitrogen and oxygen atoms in total. The highest BCUT2D eigenvalue weighted by atomic mass is 32.2. The predicted molar refractivity (Wildman–Crippen MR) is 105 cm³/mol. The Balaban J connectivity index is 1.69. The molecule has 1 unspecified atom stereocenters. The fraction of sp³-hybridized carbons (Fsp3) is 0.389. The van der Waals surface area contributed by atoms with Crippen LogP contribution in [0.5, 0.6) is 0 Å². The summed E-state index contributed by atoms with van der Waals surface area (Å²) in [5, 5.41) is 5.52. The molecule has 1 aliphatic carbocycles. The number of rotatable bonds is 6. The second-order valence-corrected chi connectivity index (χ2v) is 9.38. The standard InChI is InChI=1S/C18H19F3N6O2S/c1-27-9-23-15-12(24-13-6-5-11(8-22-13)30(2,28)29)7-14(26-17(15)27)25-16(10-3-4-10)18(19,20)21/h5-10,16H,3-4H2,1-2H3,(H2,22,24,25,26). The number of hydrogen-bond donors (Lipinski definition) is 2. The molecule has 1 aliphatic rings. The second-order valence-electron chi connectivity index (χ2n) is 7.36. The van der Waals surface area contributed by atoms with E-state index >= 15 is 0 Å². The highest BCUT2D eigenvalue weighted by molar-refractivity contribution is 7.90. The number of nitrogens with one attached hydrogen (secondary N) is 2. The summed E-state index contributed by atoms with van der Waals surface area (Å²) >= 11 is 0. The van der Waals surface area contributed by atoms with Crippen molar-refractivity contribution in [3.63, 3.8) is 0 Å². The molecule has 30 heavy (non-hydrogen) atoms. The summed E-state index contributed by atoms with van der Waals surface area (Å²) in [6.45, 7) is 0. The van der Waals surface area contributed by atoms with Crippen molar-refractivity contribution < 1.29 is 21.6 Å². The van der Waals surface area contributed by atoms with E-state index in [1.54, 1.807) is 11.6 Å². The fourth-order valence-corrected chi connectivity index (χ4v) is 3.69. The lowest BCUT2D eigenvalue weighted by Crippen LogP contribution is -2.38. The summed E-state index contributed by atoms with van der Waals surface area (Å²) in [5.74, 6) is -0.0766. The Bertz CT molecular complexity index is 1190. The molecule has 0 aromatic carbocycles. The first kappa shape index (κ1) is 20.4. The quantitative estimate of drug-likeness (QED) is 0.607. The number of imidazole rings is 1. The molecular formula is C18H19F3N6O2S. The van der Waals surface area contributed by atoms with Crippen LogP contribution in [0.4, 0.5) is 30.5 Å². The van der Waals surface area contributed by atoms with Crippen molar-refractivity contribution in [3.05, 3.63) is 30.7 Å². The number of pyridine rings is 2. The Kier molecular flexibility index (Phi) is 4.83. The Morgan fingerprint density at radius 2 is 1.93 bits per heavy atom. The smallest absolute Gasteiger partial charge is 0.358 e. The van der Waals surface area contributed by atoms with Gasteiger partial charge in [-0.2, -0.15) is 13.2 Å². The van der Waals surface area contributed by atoms with Crippen molar-refractivity contribution in [1.29, 1.82) is 0 Å². The Labute approximate surface area is 170 Å². The van der Waals surface area contributed by atoms with Gasteiger partial charge in [0, 0.05) is 25.6 Å². The Hall–Kier alpha value is -2.89. The minimum absolute atomic E-state index is 0.0607. The lowest BCUT2D eigenvalue weighted by Gasteiger charge is -2.22. The number of sulfone groups is 1. The third kappa shape index (κ3) is 4.18. The molecule has 0 radical (unpaired) electrons. The van der Waals surface area contributed by atoms with Crippen molar-refractivity contribution in [1.82, 2.24) is 19.5 Å². The van der Waals surface area contributed by atoms with Crippen molar-refractivity contribution in [2.24, 2.45) is 13.0 Å². The minimum atomic E-state index is -4.39. The van der Waals surface area contributed by atoms with E-state index in [1.165, 1.54) is 30.7 Å². The maximum atomic E-state index is 13.4. The highest BCUT2D eigenvalue weighted by Gasteiger charge is 2.49. The summed E-state index contributed by atoms with van der Waals surface area (Å²) in [7, 11) is -1.70. The highest BCUT2D eigenvalue weighted by Crippen LogP contribution is 2.42. The van der Waals surface area contributed by atoms with E-state index in [1.807, 2.05) is 0 Å². The van der Waals surface area contributed by atoms with Gasteiger partial charge >= 0.3 is 6.18 Å². The third-order valence-electron chi connectivity index (χ3n) is 4.85. The van der Waals surface area contributed by atoms with Crippen LogP contribution >= 0.6 is 0 Å². The average molecular weight is 440 g/mol. The van der Waals surface area contributed by atoms with Crippen LogP contribution in [0.1, 0.15) is 12.8 Å². The van der Waals surface area contributed by atoms with Crippen molar-refractivity contribution in [2.75, 3.05) is 16.9 Å².